The summed E-state index contributed by atoms with van der Waals surface area (Å²) in [7, 11) is 0. The van der Waals surface area contributed by atoms with Crippen LogP contribution in [0.25, 0.3) is 0 Å². The molecule has 2 aliphatic rings. The van der Waals surface area contributed by atoms with E-state index in [9.17, 15) is 4.79 Å². The van der Waals surface area contributed by atoms with Gasteiger partial charge >= 0.3 is 0 Å². The molecule has 2 saturated heterocycles. The van der Waals surface area contributed by atoms with E-state index in [2.05, 4.69) is 35.9 Å². The molecule has 110 valence electrons. The number of nitrogens with one attached hydrogen (secondary N) is 1. The van der Waals surface area contributed by atoms with E-state index in [1.807, 2.05) is 0 Å². The molecule has 1 unspecified atom stereocenters. The van der Waals surface area contributed by atoms with Gasteiger partial charge in [0, 0.05) is 32.7 Å². The second-order valence-electron chi connectivity index (χ2n) is 6.45. The van der Waals surface area contributed by atoms with Crippen LogP contribution < -0.4 is 5.32 Å². The zero-order valence-corrected chi connectivity index (χ0v) is 12.7. The van der Waals surface area contributed by atoms with Crippen molar-refractivity contribution in [3.05, 3.63) is 0 Å². The monoisotopic (exact) mass is 267 g/mol. The third-order valence-corrected chi connectivity index (χ3v) is 4.54. The highest BCUT2D eigenvalue weighted by molar-refractivity contribution is 5.86. The summed E-state index contributed by atoms with van der Waals surface area (Å²) < 4.78 is 0. The molecular formula is C15H29N3O. The van der Waals surface area contributed by atoms with Crippen LogP contribution in [0.15, 0.2) is 0 Å². The van der Waals surface area contributed by atoms with Crippen molar-refractivity contribution in [1.29, 1.82) is 0 Å². The fourth-order valence-corrected chi connectivity index (χ4v) is 3.39. The molecule has 0 aromatic heterocycles. The molecule has 4 heteroatoms. The van der Waals surface area contributed by atoms with Crippen molar-refractivity contribution >= 4 is 5.91 Å². The number of rotatable bonds is 4. The third kappa shape index (κ3) is 3.29. The summed E-state index contributed by atoms with van der Waals surface area (Å²) in [6, 6.07) is 0. The lowest BCUT2D eigenvalue weighted by Crippen LogP contribution is -2.59. The van der Waals surface area contributed by atoms with Gasteiger partial charge in [0.25, 0.3) is 0 Å². The summed E-state index contributed by atoms with van der Waals surface area (Å²) in [6.45, 7) is 12.6. The number of amides is 1. The third-order valence-electron chi connectivity index (χ3n) is 4.54. The number of nitrogens with zero attached hydrogens (tertiary/aromatic N) is 2. The van der Waals surface area contributed by atoms with Gasteiger partial charge in [-0.15, -0.1) is 0 Å². The SMILES string of the molecule is CCC1(C(=O)N2CCN(CC(C)C)CC2)CCCN1. The Hall–Kier alpha value is -0.610. The Morgan fingerprint density at radius 2 is 1.95 bits per heavy atom. The lowest BCUT2D eigenvalue weighted by molar-refractivity contribution is -0.139. The molecule has 2 aliphatic heterocycles. The van der Waals surface area contributed by atoms with Crippen LogP contribution in [0.3, 0.4) is 0 Å². The normalized spacial score (nSPS) is 29.2. The zero-order chi connectivity index (χ0) is 13.9. The maximum atomic E-state index is 12.7. The molecule has 0 radical (unpaired) electrons. The second-order valence-corrected chi connectivity index (χ2v) is 6.45. The van der Waals surface area contributed by atoms with E-state index in [0.717, 1.165) is 58.5 Å². The first kappa shape index (κ1) is 14.8. The standard InChI is InChI=1S/C15H29N3O/c1-4-15(6-5-7-16-15)14(19)18-10-8-17(9-11-18)12-13(2)3/h13,16H,4-12H2,1-3H3. The predicted octanol–water partition coefficient (Wildman–Crippen LogP) is 1.32. The Balaban J connectivity index is 1.88. The van der Waals surface area contributed by atoms with Gasteiger partial charge in [-0.3, -0.25) is 9.69 Å². The summed E-state index contributed by atoms with van der Waals surface area (Å²) >= 11 is 0. The van der Waals surface area contributed by atoms with E-state index < -0.39 is 0 Å². The molecule has 1 amide bonds. The van der Waals surface area contributed by atoms with E-state index in [4.69, 9.17) is 0 Å². The molecule has 0 aliphatic carbocycles. The van der Waals surface area contributed by atoms with Crippen molar-refractivity contribution in [2.24, 2.45) is 5.92 Å². The Morgan fingerprint density at radius 1 is 1.26 bits per heavy atom. The first-order valence-electron chi connectivity index (χ1n) is 7.84. The molecule has 0 saturated carbocycles. The van der Waals surface area contributed by atoms with E-state index >= 15 is 0 Å². The predicted molar refractivity (Wildman–Crippen MR) is 78.1 cm³/mol. The Morgan fingerprint density at radius 3 is 2.42 bits per heavy atom. The van der Waals surface area contributed by atoms with Crippen LogP contribution in [-0.4, -0.2) is 60.5 Å². The number of hydrogen-bond acceptors (Lipinski definition) is 3. The van der Waals surface area contributed by atoms with Gasteiger partial charge in [0.1, 0.15) is 0 Å². The van der Waals surface area contributed by atoms with Gasteiger partial charge < -0.3 is 10.2 Å². The summed E-state index contributed by atoms with van der Waals surface area (Å²) in [6.07, 6.45) is 3.06. The highest BCUT2D eigenvalue weighted by Crippen LogP contribution is 2.26. The maximum Gasteiger partial charge on any atom is 0.242 e. The first-order chi connectivity index (χ1) is 9.07. The summed E-state index contributed by atoms with van der Waals surface area (Å²) in [4.78, 5) is 17.3. The summed E-state index contributed by atoms with van der Waals surface area (Å²) in [5.74, 6) is 1.05. The van der Waals surface area contributed by atoms with E-state index in [1.54, 1.807) is 0 Å². The van der Waals surface area contributed by atoms with Gasteiger partial charge in [0.05, 0.1) is 5.54 Å². The van der Waals surface area contributed by atoms with Crippen molar-refractivity contribution in [2.75, 3.05) is 39.3 Å². The van der Waals surface area contributed by atoms with Gasteiger partial charge in [-0.2, -0.15) is 0 Å². The minimum Gasteiger partial charge on any atom is -0.339 e. The Kier molecular flexibility index (Phi) is 4.85. The topological polar surface area (TPSA) is 35.6 Å². The molecule has 2 rings (SSSR count). The Bertz CT molecular complexity index is 303. The molecule has 4 nitrogen and oxygen atoms in total. The van der Waals surface area contributed by atoms with Crippen LogP contribution in [0.2, 0.25) is 0 Å². The lowest BCUT2D eigenvalue weighted by atomic mass is 9.92. The maximum absolute atomic E-state index is 12.7. The quantitative estimate of drug-likeness (QED) is 0.834. The molecule has 0 spiro atoms. The highest BCUT2D eigenvalue weighted by atomic mass is 16.2. The number of carbonyl (C=O) groups excluding carboxylic acids is 1. The average Bonchev–Trinajstić information content (AvgIpc) is 2.88. The van der Waals surface area contributed by atoms with Crippen LogP contribution in [0.5, 0.6) is 0 Å². The molecule has 2 heterocycles. The fourth-order valence-electron chi connectivity index (χ4n) is 3.39. The van der Waals surface area contributed by atoms with E-state index in [1.165, 1.54) is 0 Å². The van der Waals surface area contributed by atoms with Crippen molar-refractivity contribution in [2.45, 2.75) is 45.6 Å². The van der Waals surface area contributed by atoms with Crippen LogP contribution in [-0.2, 0) is 4.79 Å². The zero-order valence-electron chi connectivity index (χ0n) is 12.7. The smallest absolute Gasteiger partial charge is 0.242 e. The first-order valence-corrected chi connectivity index (χ1v) is 7.84. The molecule has 0 aromatic carbocycles. The van der Waals surface area contributed by atoms with Crippen molar-refractivity contribution < 1.29 is 4.79 Å². The van der Waals surface area contributed by atoms with Crippen LogP contribution in [0.4, 0.5) is 0 Å². The Labute approximate surface area is 117 Å². The van der Waals surface area contributed by atoms with Crippen LogP contribution in [0, 0.1) is 5.92 Å². The molecule has 0 bridgehead atoms. The van der Waals surface area contributed by atoms with E-state index in [0.29, 0.717) is 11.8 Å². The second kappa shape index (κ2) is 6.23. The largest absolute Gasteiger partial charge is 0.339 e. The van der Waals surface area contributed by atoms with E-state index in [-0.39, 0.29) is 5.54 Å². The van der Waals surface area contributed by atoms with Gasteiger partial charge in [0.15, 0.2) is 0 Å². The highest BCUT2D eigenvalue weighted by Gasteiger charge is 2.42. The molecule has 2 fully saturated rings. The number of carbonyl (C=O) groups is 1. The van der Waals surface area contributed by atoms with Crippen molar-refractivity contribution in [3.63, 3.8) is 0 Å². The summed E-state index contributed by atoms with van der Waals surface area (Å²) in [5.41, 5.74) is -0.250. The fraction of sp³-hybridized carbons (Fsp3) is 0.933. The minimum atomic E-state index is -0.250. The molecule has 0 aromatic rings. The lowest BCUT2D eigenvalue weighted by Gasteiger charge is -2.40. The van der Waals surface area contributed by atoms with Gasteiger partial charge in [-0.25, -0.2) is 0 Å². The van der Waals surface area contributed by atoms with Gasteiger partial charge in [-0.05, 0) is 31.7 Å². The van der Waals surface area contributed by atoms with Crippen LogP contribution in [0.1, 0.15) is 40.0 Å². The molecular weight excluding hydrogens is 238 g/mol. The summed E-state index contributed by atoms with van der Waals surface area (Å²) in [5, 5.41) is 3.46. The van der Waals surface area contributed by atoms with Gasteiger partial charge in [0.2, 0.25) is 5.91 Å². The van der Waals surface area contributed by atoms with Crippen molar-refractivity contribution in [3.8, 4) is 0 Å². The molecule has 19 heavy (non-hydrogen) atoms. The van der Waals surface area contributed by atoms with Crippen LogP contribution >= 0.6 is 0 Å². The number of piperazine rings is 1. The van der Waals surface area contributed by atoms with Crippen molar-refractivity contribution in [1.82, 2.24) is 15.1 Å². The van der Waals surface area contributed by atoms with Gasteiger partial charge in [-0.1, -0.05) is 20.8 Å². The molecule has 1 atom stereocenters. The molecule has 1 N–H and O–H groups in total. The average molecular weight is 267 g/mol. The number of hydrogen-bond donors (Lipinski definition) is 1. The minimum absolute atomic E-state index is 0.250.